The van der Waals surface area contributed by atoms with Crippen LogP contribution < -0.4 is 9.47 Å². The summed E-state index contributed by atoms with van der Waals surface area (Å²) in [6.07, 6.45) is 2.33. The van der Waals surface area contributed by atoms with E-state index in [-0.39, 0.29) is 12.0 Å². The molecule has 0 bridgehead atoms. The number of methoxy groups -OCH3 is 1. The average Bonchev–Trinajstić information content (AvgIpc) is 3.05. The highest BCUT2D eigenvalue weighted by Gasteiger charge is 2.30. The number of aromatic nitrogens is 1. The molecule has 1 aliphatic rings. The van der Waals surface area contributed by atoms with Gasteiger partial charge in [-0.15, -0.1) is 0 Å². The first-order valence-electron chi connectivity index (χ1n) is 7.48. The van der Waals surface area contributed by atoms with Crippen molar-refractivity contribution in [1.29, 1.82) is 0 Å². The van der Waals surface area contributed by atoms with Crippen LogP contribution in [-0.2, 0) is 0 Å². The minimum atomic E-state index is -0.111. The lowest BCUT2D eigenvalue weighted by Crippen LogP contribution is -2.31. The van der Waals surface area contributed by atoms with Crippen molar-refractivity contribution in [3.8, 4) is 11.6 Å². The molecule has 2 aromatic rings. The number of amides is 1. The lowest BCUT2D eigenvalue weighted by Gasteiger charge is -2.18. The average molecular weight is 412 g/mol. The number of rotatable bonds is 4. The van der Waals surface area contributed by atoms with Crippen molar-refractivity contribution in [1.82, 2.24) is 9.88 Å². The predicted octanol–water partition coefficient (Wildman–Crippen LogP) is 3.80. The number of hydrogen-bond donors (Lipinski definition) is 0. The summed E-state index contributed by atoms with van der Waals surface area (Å²) in [6, 6.07) is 8.73. The van der Waals surface area contributed by atoms with Crippen molar-refractivity contribution in [2.75, 3.05) is 20.2 Å². The highest BCUT2D eigenvalue weighted by Crippen LogP contribution is 2.28. The van der Waals surface area contributed by atoms with Gasteiger partial charge >= 0.3 is 0 Å². The molecule has 0 aliphatic carbocycles. The van der Waals surface area contributed by atoms with E-state index >= 15 is 0 Å². The van der Waals surface area contributed by atoms with Crippen LogP contribution in [0, 0.1) is 0 Å². The maximum Gasteiger partial charge on any atom is 0.257 e. The highest BCUT2D eigenvalue weighted by atomic mass is 79.9. The molecule has 1 fully saturated rings. The van der Waals surface area contributed by atoms with E-state index in [2.05, 4.69) is 20.9 Å². The molecule has 1 aromatic heterocycles. The summed E-state index contributed by atoms with van der Waals surface area (Å²) in [5, 5.41) is 0.503. The number of nitrogens with zero attached hydrogens (tertiary/aromatic N) is 2. The number of carbonyl (C=O) groups excluding carboxylic acids is 1. The van der Waals surface area contributed by atoms with Crippen molar-refractivity contribution >= 4 is 33.4 Å². The van der Waals surface area contributed by atoms with Crippen molar-refractivity contribution in [3.05, 3.63) is 51.6 Å². The van der Waals surface area contributed by atoms with Crippen LogP contribution in [0.3, 0.4) is 0 Å². The van der Waals surface area contributed by atoms with Crippen LogP contribution in [0.15, 0.2) is 41.0 Å². The van der Waals surface area contributed by atoms with Crippen LogP contribution in [0.5, 0.6) is 11.6 Å². The van der Waals surface area contributed by atoms with Gasteiger partial charge in [-0.1, -0.05) is 11.6 Å². The van der Waals surface area contributed by atoms with Gasteiger partial charge in [0.15, 0.2) is 0 Å². The molecule has 1 atom stereocenters. The van der Waals surface area contributed by atoms with Gasteiger partial charge in [-0.2, -0.15) is 0 Å². The summed E-state index contributed by atoms with van der Waals surface area (Å²) in [5.41, 5.74) is 0.463. The number of likely N-dealkylation sites (tertiary alicyclic amines) is 1. The van der Waals surface area contributed by atoms with E-state index in [9.17, 15) is 4.79 Å². The normalized spacial score (nSPS) is 17.0. The Morgan fingerprint density at radius 1 is 1.42 bits per heavy atom. The molecule has 24 heavy (non-hydrogen) atoms. The zero-order valence-electron chi connectivity index (χ0n) is 13.0. The molecular formula is C17H16BrClN2O3. The van der Waals surface area contributed by atoms with Gasteiger partial charge < -0.3 is 14.4 Å². The van der Waals surface area contributed by atoms with Crippen LogP contribution in [0.25, 0.3) is 0 Å². The molecule has 0 spiro atoms. The van der Waals surface area contributed by atoms with Gasteiger partial charge in [0.05, 0.1) is 23.7 Å². The third kappa shape index (κ3) is 3.65. The molecule has 2 heterocycles. The van der Waals surface area contributed by atoms with Gasteiger partial charge in [0.25, 0.3) is 5.91 Å². The molecule has 126 valence electrons. The van der Waals surface area contributed by atoms with Gasteiger partial charge in [0.2, 0.25) is 5.88 Å². The number of ether oxygens (including phenoxy) is 2. The van der Waals surface area contributed by atoms with E-state index in [1.54, 1.807) is 29.3 Å². The monoisotopic (exact) mass is 410 g/mol. The fourth-order valence-corrected chi connectivity index (χ4v) is 3.16. The first-order valence-corrected chi connectivity index (χ1v) is 8.65. The molecule has 1 saturated heterocycles. The van der Waals surface area contributed by atoms with Crippen molar-refractivity contribution in [3.63, 3.8) is 0 Å². The zero-order valence-corrected chi connectivity index (χ0v) is 15.4. The molecule has 0 saturated carbocycles. The second-order valence-electron chi connectivity index (χ2n) is 5.41. The number of halogens is 2. The summed E-state index contributed by atoms with van der Waals surface area (Å²) >= 11 is 9.43. The zero-order chi connectivity index (χ0) is 17.1. The number of hydrogen-bond acceptors (Lipinski definition) is 4. The summed E-state index contributed by atoms with van der Waals surface area (Å²) in [6.45, 7) is 1.11. The van der Waals surface area contributed by atoms with Gasteiger partial charge in [0.1, 0.15) is 11.9 Å². The Hall–Kier alpha value is -1.79. The Kier molecular flexibility index (Phi) is 5.26. The minimum Gasteiger partial charge on any atom is -0.496 e. The minimum absolute atomic E-state index is 0.0923. The third-order valence-corrected chi connectivity index (χ3v) is 4.67. The Balaban J connectivity index is 1.70. The Morgan fingerprint density at radius 3 is 3.00 bits per heavy atom. The third-order valence-electron chi connectivity index (χ3n) is 3.83. The van der Waals surface area contributed by atoms with E-state index in [4.69, 9.17) is 21.1 Å². The van der Waals surface area contributed by atoms with E-state index in [1.807, 2.05) is 12.1 Å². The van der Waals surface area contributed by atoms with Gasteiger partial charge in [-0.25, -0.2) is 4.98 Å². The molecule has 0 N–H and O–H groups in total. The first-order chi connectivity index (χ1) is 11.6. The molecule has 1 aliphatic heterocycles. The Morgan fingerprint density at radius 2 is 2.25 bits per heavy atom. The van der Waals surface area contributed by atoms with Crippen molar-refractivity contribution in [2.45, 2.75) is 12.5 Å². The summed E-state index contributed by atoms with van der Waals surface area (Å²) in [5.74, 6) is 0.943. The van der Waals surface area contributed by atoms with E-state index in [1.165, 1.54) is 7.11 Å². The Labute approximate surface area is 153 Å². The second-order valence-corrected chi connectivity index (χ2v) is 6.71. The van der Waals surface area contributed by atoms with Crippen molar-refractivity contribution in [2.24, 2.45) is 0 Å². The fraction of sp³-hybridized carbons (Fsp3) is 0.294. The molecule has 1 amide bonds. The van der Waals surface area contributed by atoms with Crippen molar-refractivity contribution < 1.29 is 14.3 Å². The molecule has 1 aromatic carbocycles. The SMILES string of the molecule is COc1ccc(Cl)cc1C(=O)N1CCC(Oc2ncccc2Br)C1. The van der Waals surface area contributed by atoms with E-state index < -0.39 is 0 Å². The quantitative estimate of drug-likeness (QED) is 0.768. The van der Waals surface area contributed by atoms with Crippen LogP contribution in [0.1, 0.15) is 16.8 Å². The smallest absolute Gasteiger partial charge is 0.257 e. The molecule has 5 nitrogen and oxygen atoms in total. The van der Waals surface area contributed by atoms with Crippen LogP contribution in [0.2, 0.25) is 5.02 Å². The van der Waals surface area contributed by atoms with Gasteiger partial charge in [-0.05, 0) is 46.3 Å². The van der Waals surface area contributed by atoms with Crippen LogP contribution in [-0.4, -0.2) is 42.1 Å². The largest absolute Gasteiger partial charge is 0.496 e. The van der Waals surface area contributed by atoms with Gasteiger partial charge in [-0.3, -0.25) is 4.79 Å². The lowest BCUT2D eigenvalue weighted by atomic mass is 10.1. The maximum atomic E-state index is 12.8. The lowest BCUT2D eigenvalue weighted by molar-refractivity contribution is 0.0767. The summed E-state index contributed by atoms with van der Waals surface area (Å²) < 4.78 is 12.0. The fourth-order valence-electron chi connectivity index (χ4n) is 2.64. The predicted molar refractivity (Wildman–Crippen MR) is 94.9 cm³/mol. The summed E-state index contributed by atoms with van der Waals surface area (Å²) in [7, 11) is 1.54. The maximum absolute atomic E-state index is 12.8. The highest BCUT2D eigenvalue weighted by molar-refractivity contribution is 9.10. The van der Waals surface area contributed by atoms with E-state index in [0.29, 0.717) is 35.3 Å². The number of pyridine rings is 1. The Bertz CT molecular complexity index is 756. The van der Waals surface area contributed by atoms with E-state index in [0.717, 1.165) is 10.9 Å². The molecule has 3 rings (SSSR count). The molecule has 7 heteroatoms. The molecule has 0 radical (unpaired) electrons. The molecule has 1 unspecified atom stereocenters. The number of carbonyl (C=O) groups is 1. The topological polar surface area (TPSA) is 51.7 Å². The van der Waals surface area contributed by atoms with Gasteiger partial charge in [0, 0.05) is 24.2 Å². The van der Waals surface area contributed by atoms with Crippen LogP contribution in [0.4, 0.5) is 0 Å². The number of benzene rings is 1. The second kappa shape index (κ2) is 7.40. The summed E-state index contributed by atoms with van der Waals surface area (Å²) in [4.78, 5) is 18.7. The standard InChI is InChI=1S/C17H16BrClN2O3/c1-23-15-5-4-11(19)9-13(15)17(22)21-8-6-12(10-21)24-16-14(18)3-2-7-20-16/h2-5,7,9,12H,6,8,10H2,1H3. The van der Waals surface area contributed by atoms with Crippen LogP contribution >= 0.6 is 27.5 Å². The first kappa shape index (κ1) is 17.0. The molecular weight excluding hydrogens is 396 g/mol.